The molecule has 0 amide bonds. The molecule has 1 fully saturated rings. The lowest BCUT2D eigenvalue weighted by Crippen LogP contribution is -2.35. The number of aliphatic hydroxyl groups excluding tert-OH is 1. The summed E-state index contributed by atoms with van der Waals surface area (Å²) >= 11 is 6.17. The van der Waals surface area contributed by atoms with Crippen LogP contribution in [0.1, 0.15) is 29.3 Å². The zero-order valence-electron chi connectivity index (χ0n) is 19.9. The normalized spacial score (nSPS) is 19.9. The molecule has 3 heterocycles. The fourth-order valence-electron chi connectivity index (χ4n) is 5.08. The van der Waals surface area contributed by atoms with E-state index in [4.69, 9.17) is 21.1 Å². The molecule has 0 aliphatic carbocycles. The number of hydrogen-bond donors (Lipinski definition) is 1. The van der Waals surface area contributed by atoms with Crippen LogP contribution in [-0.2, 0) is 15.1 Å². The number of rotatable bonds is 7. The highest BCUT2D eigenvalue weighted by atomic mass is 35.5. The minimum absolute atomic E-state index is 0.259. The predicted molar refractivity (Wildman–Crippen MR) is 140 cm³/mol. The van der Waals surface area contributed by atoms with Gasteiger partial charge in [-0.25, -0.2) is 15.0 Å². The number of fused-ring (bicyclic) bond motifs is 1. The van der Waals surface area contributed by atoms with Gasteiger partial charge < -0.3 is 14.6 Å². The largest absolute Gasteiger partial charge is 0.388 e. The summed E-state index contributed by atoms with van der Waals surface area (Å²) in [6, 6.07) is 30.6. The van der Waals surface area contributed by atoms with Crippen molar-refractivity contribution >= 4 is 22.8 Å². The third kappa shape index (κ3) is 4.30. The van der Waals surface area contributed by atoms with Gasteiger partial charge in [0.25, 0.3) is 0 Å². The monoisotopic (exact) mass is 512 g/mol. The lowest BCUT2D eigenvalue weighted by Gasteiger charge is -2.36. The van der Waals surface area contributed by atoms with Gasteiger partial charge in [-0.2, -0.15) is 0 Å². The maximum Gasteiger partial charge on any atom is 0.167 e. The molecule has 0 bridgehead atoms. The number of aliphatic hydroxyl groups is 1. The van der Waals surface area contributed by atoms with E-state index in [1.165, 1.54) is 6.33 Å². The van der Waals surface area contributed by atoms with Gasteiger partial charge in [0.2, 0.25) is 0 Å². The Hall–Kier alpha value is -3.62. The minimum Gasteiger partial charge on any atom is -0.388 e. The molecule has 1 aliphatic rings. The molecule has 7 nitrogen and oxygen atoms in total. The predicted octanol–water partition coefficient (Wildman–Crippen LogP) is 5.14. The fraction of sp³-hybridized carbons (Fsp3) is 0.207. The van der Waals surface area contributed by atoms with Gasteiger partial charge in [-0.05, 0) is 16.7 Å². The SMILES string of the molecule is O[C@@H]1C[C@@H](COC(c2ccccc2)(c2ccccc2)c2ccccc2)O[C@H]1n1cnc2c(Cl)ncnc21. The van der Waals surface area contributed by atoms with Crippen LogP contribution >= 0.6 is 11.6 Å². The molecule has 0 spiro atoms. The highest BCUT2D eigenvalue weighted by Crippen LogP contribution is 2.41. The van der Waals surface area contributed by atoms with E-state index < -0.39 is 17.9 Å². The summed E-state index contributed by atoms with van der Waals surface area (Å²) < 4.78 is 14.9. The standard InChI is InChI=1S/C29H25ClN4O3/c30-26-25-27(32-18-31-26)34(19-33-25)28-24(35)16-23(37-28)17-36-29(20-10-4-1-5-11-20,21-12-6-2-7-13-21)22-14-8-3-9-15-22/h1-15,18-19,23-24,28,35H,16-17H2/t23-,24+,28+/m0/s1. The lowest BCUT2D eigenvalue weighted by atomic mass is 9.80. The van der Waals surface area contributed by atoms with E-state index in [-0.39, 0.29) is 17.9 Å². The van der Waals surface area contributed by atoms with Gasteiger partial charge in [-0.3, -0.25) is 4.57 Å². The zero-order chi connectivity index (χ0) is 25.2. The van der Waals surface area contributed by atoms with E-state index in [1.807, 2.05) is 54.6 Å². The molecule has 5 aromatic rings. The number of hydrogen-bond acceptors (Lipinski definition) is 6. The summed E-state index contributed by atoms with van der Waals surface area (Å²) in [7, 11) is 0. The first-order chi connectivity index (χ1) is 18.2. The zero-order valence-corrected chi connectivity index (χ0v) is 20.6. The molecule has 37 heavy (non-hydrogen) atoms. The molecule has 0 unspecified atom stereocenters. The Morgan fingerprint density at radius 1 is 0.865 bits per heavy atom. The van der Waals surface area contributed by atoms with Gasteiger partial charge in [0.15, 0.2) is 17.0 Å². The van der Waals surface area contributed by atoms with Crippen molar-refractivity contribution in [2.45, 2.75) is 30.5 Å². The number of benzene rings is 3. The quantitative estimate of drug-likeness (QED) is 0.240. The van der Waals surface area contributed by atoms with Crippen molar-refractivity contribution in [1.82, 2.24) is 19.5 Å². The van der Waals surface area contributed by atoms with E-state index in [9.17, 15) is 5.11 Å². The number of imidazole rings is 1. The van der Waals surface area contributed by atoms with Gasteiger partial charge in [0.05, 0.1) is 19.0 Å². The van der Waals surface area contributed by atoms with E-state index in [0.29, 0.717) is 17.6 Å². The first-order valence-electron chi connectivity index (χ1n) is 12.1. The van der Waals surface area contributed by atoms with Gasteiger partial charge in [-0.1, -0.05) is 103 Å². The van der Waals surface area contributed by atoms with Crippen LogP contribution in [0.15, 0.2) is 104 Å². The summed E-state index contributed by atoms with van der Waals surface area (Å²) in [4.78, 5) is 12.6. The number of nitrogens with zero attached hydrogens (tertiary/aromatic N) is 4. The molecule has 1 aliphatic heterocycles. The molecule has 6 rings (SSSR count). The van der Waals surface area contributed by atoms with Crippen molar-refractivity contribution in [2.75, 3.05) is 6.61 Å². The average molecular weight is 513 g/mol. The molecular formula is C29H25ClN4O3. The number of halogens is 1. The Kier molecular flexibility index (Phi) is 6.44. The first kappa shape index (κ1) is 23.8. The Morgan fingerprint density at radius 3 is 2.00 bits per heavy atom. The second-order valence-corrected chi connectivity index (χ2v) is 9.39. The van der Waals surface area contributed by atoms with Gasteiger partial charge >= 0.3 is 0 Å². The summed E-state index contributed by atoms with van der Waals surface area (Å²) in [6.07, 6.45) is 1.56. The molecule has 1 saturated heterocycles. The van der Waals surface area contributed by atoms with Crippen LogP contribution in [0.4, 0.5) is 0 Å². The van der Waals surface area contributed by atoms with E-state index in [2.05, 4.69) is 51.4 Å². The van der Waals surface area contributed by atoms with Gasteiger partial charge in [0, 0.05) is 6.42 Å². The van der Waals surface area contributed by atoms with Crippen molar-refractivity contribution < 1.29 is 14.6 Å². The summed E-state index contributed by atoms with van der Waals surface area (Å²) in [5.74, 6) is 0. The third-order valence-electron chi connectivity index (χ3n) is 6.78. The molecule has 0 saturated carbocycles. The topological polar surface area (TPSA) is 82.3 Å². The summed E-state index contributed by atoms with van der Waals surface area (Å²) in [5, 5.41) is 11.2. The average Bonchev–Trinajstić information content (AvgIpc) is 3.54. The van der Waals surface area contributed by atoms with E-state index in [1.54, 1.807) is 10.9 Å². The van der Waals surface area contributed by atoms with Crippen molar-refractivity contribution in [3.05, 3.63) is 125 Å². The summed E-state index contributed by atoms with van der Waals surface area (Å²) in [6.45, 7) is 0.259. The fourth-order valence-corrected chi connectivity index (χ4v) is 5.26. The highest BCUT2D eigenvalue weighted by molar-refractivity contribution is 6.33. The van der Waals surface area contributed by atoms with E-state index in [0.717, 1.165) is 16.7 Å². The van der Waals surface area contributed by atoms with Crippen LogP contribution in [0.2, 0.25) is 5.15 Å². The Morgan fingerprint density at radius 2 is 1.43 bits per heavy atom. The van der Waals surface area contributed by atoms with Crippen LogP contribution in [0, 0.1) is 0 Å². The second kappa shape index (κ2) is 10.0. The number of ether oxygens (including phenoxy) is 2. The lowest BCUT2D eigenvalue weighted by molar-refractivity contribution is -0.0851. The minimum atomic E-state index is -0.862. The van der Waals surface area contributed by atoms with Crippen molar-refractivity contribution in [2.24, 2.45) is 0 Å². The molecule has 2 aromatic heterocycles. The van der Waals surface area contributed by atoms with Gasteiger partial charge in [0.1, 0.15) is 23.5 Å². The molecule has 1 N–H and O–H groups in total. The van der Waals surface area contributed by atoms with Crippen LogP contribution in [-0.4, -0.2) is 43.4 Å². The maximum atomic E-state index is 10.9. The van der Waals surface area contributed by atoms with Crippen molar-refractivity contribution in [3.8, 4) is 0 Å². The van der Waals surface area contributed by atoms with Crippen LogP contribution in [0.3, 0.4) is 0 Å². The van der Waals surface area contributed by atoms with Crippen LogP contribution in [0.25, 0.3) is 11.2 Å². The Balaban J connectivity index is 1.34. The first-order valence-corrected chi connectivity index (χ1v) is 12.5. The Labute approximate surface area is 219 Å². The molecular weight excluding hydrogens is 488 g/mol. The molecule has 8 heteroatoms. The molecule has 3 atom stereocenters. The molecule has 0 radical (unpaired) electrons. The van der Waals surface area contributed by atoms with Crippen LogP contribution < -0.4 is 0 Å². The smallest absolute Gasteiger partial charge is 0.167 e. The van der Waals surface area contributed by atoms with Gasteiger partial charge in [-0.15, -0.1) is 0 Å². The number of aromatic nitrogens is 4. The van der Waals surface area contributed by atoms with Crippen LogP contribution in [0.5, 0.6) is 0 Å². The highest BCUT2D eigenvalue weighted by Gasteiger charge is 2.41. The Bertz CT molecular complexity index is 1380. The van der Waals surface area contributed by atoms with Crippen molar-refractivity contribution in [3.63, 3.8) is 0 Å². The third-order valence-corrected chi connectivity index (χ3v) is 7.06. The summed E-state index contributed by atoms with van der Waals surface area (Å²) in [5.41, 5.74) is 3.14. The second-order valence-electron chi connectivity index (χ2n) is 9.03. The molecule has 3 aromatic carbocycles. The van der Waals surface area contributed by atoms with E-state index >= 15 is 0 Å². The van der Waals surface area contributed by atoms with Crippen molar-refractivity contribution in [1.29, 1.82) is 0 Å². The maximum absolute atomic E-state index is 10.9. The molecule has 186 valence electrons.